The van der Waals surface area contributed by atoms with Crippen molar-refractivity contribution in [2.75, 3.05) is 26.2 Å². The van der Waals surface area contributed by atoms with Crippen molar-refractivity contribution in [2.24, 2.45) is 0 Å². The summed E-state index contributed by atoms with van der Waals surface area (Å²) in [7, 11) is 0. The molecule has 2 heterocycles. The number of hydrogen-bond donors (Lipinski definition) is 1. The van der Waals surface area contributed by atoms with E-state index in [4.69, 9.17) is 0 Å². The van der Waals surface area contributed by atoms with Crippen LogP contribution in [0, 0.1) is 0 Å². The van der Waals surface area contributed by atoms with E-state index in [-0.39, 0.29) is 5.91 Å². The van der Waals surface area contributed by atoms with Gasteiger partial charge in [-0.05, 0) is 57.5 Å². The summed E-state index contributed by atoms with van der Waals surface area (Å²) in [5.41, 5.74) is 1.94. The molecule has 0 aliphatic carbocycles. The van der Waals surface area contributed by atoms with Crippen LogP contribution in [0.2, 0.25) is 0 Å². The number of nitrogens with one attached hydrogen (secondary N) is 1. The average molecular weight is 314 g/mol. The highest BCUT2D eigenvalue weighted by Crippen LogP contribution is 2.11. The van der Waals surface area contributed by atoms with Crippen LogP contribution in [0.5, 0.6) is 0 Å². The molecule has 1 aromatic carbocycles. The van der Waals surface area contributed by atoms with Gasteiger partial charge >= 0.3 is 0 Å². The first-order chi connectivity index (χ1) is 11.3. The first-order valence-corrected chi connectivity index (χ1v) is 8.72. The number of aromatic nitrogens is 2. The number of carbonyl (C=O) groups excluding carboxylic acids is 1. The van der Waals surface area contributed by atoms with Crippen molar-refractivity contribution in [1.82, 2.24) is 19.8 Å². The second kappa shape index (κ2) is 8.11. The van der Waals surface area contributed by atoms with E-state index in [1.165, 1.54) is 38.9 Å². The van der Waals surface area contributed by atoms with Gasteiger partial charge in [-0.3, -0.25) is 4.79 Å². The minimum Gasteiger partial charge on any atom is -0.355 e. The van der Waals surface area contributed by atoms with E-state index in [9.17, 15) is 4.79 Å². The van der Waals surface area contributed by atoms with Crippen LogP contribution >= 0.6 is 0 Å². The van der Waals surface area contributed by atoms with E-state index in [1.54, 1.807) is 6.33 Å². The third-order valence-electron chi connectivity index (χ3n) is 4.51. The summed E-state index contributed by atoms with van der Waals surface area (Å²) in [4.78, 5) is 18.9. The lowest BCUT2D eigenvalue weighted by Gasteiger charge is -2.26. The summed E-state index contributed by atoms with van der Waals surface area (Å²) in [6, 6.07) is 7.89. The normalized spacial score (nSPS) is 15.8. The molecule has 1 amide bonds. The van der Waals surface area contributed by atoms with Crippen molar-refractivity contribution >= 4 is 16.9 Å². The first-order valence-electron chi connectivity index (χ1n) is 8.72. The SMILES string of the molecule is O=C(Cn1cnc2ccccc21)NCCCCN1CCCCC1. The van der Waals surface area contributed by atoms with Crippen LogP contribution in [0.15, 0.2) is 30.6 Å². The Labute approximate surface area is 137 Å². The molecule has 1 N–H and O–H groups in total. The molecule has 0 bridgehead atoms. The minimum absolute atomic E-state index is 0.0612. The summed E-state index contributed by atoms with van der Waals surface area (Å²) in [5.74, 6) is 0.0612. The molecule has 23 heavy (non-hydrogen) atoms. The Morgan fingerprint density at radius 2 is 1.96 bits per heavy atom. The van der Waals surface area contributed by atoms with Crippen molar-refractivity contribution < 1.29 is 4.79 Å². The Morgan fingerprint density at radius 3 is 2.83 bits per heavy atom. The highest BCUT2D eigenvalue weighted by Gasteiger charge is 2.09. The van der Waals surface area contributed by atoms with E-state index < -0.39 is 0 Å². The molecule has 0 saturated carbocycles. The van der Waals surface area contributed by atoms with E-state index in [2.05, 4.69) is 15.2 Å². The third kappa shape index (κ3) is 4.55. The molecule has 5 heteroatoms. The summed E-state index contributed by atoms with van der Waals surface area (Å²) < 4.78 is 1.90. The number of likely N-dealkylation sites (tertiary alicyclic amines) is 1. The van der Waals surface area contributed by atoms with Gasteiger partial charge in [0, 0.05) is 6.54 Å². The van der Waals surface area contributed by atoms with Crippen LogP contribution in [0.4, 0.5) is 0 Å². The molecule has 1 saturated heterocycles. The number of hydrogen-bond acceptors (Lipinski definition) is 3. The third-order valence-corrected chi connectivity index (χ3v) is 4.51. The standard InChI is InChI=1S/C18H26N4O/c23-18(14-22-15-20-16-8-2-3-9-17(16)22)19-10-4-7-13-21-11-5-1-6-12-21/h2-3,8-9,15H,1,4-7,10-14H2,(H,19,23). The van der Waals surface area contributed by atoms with Gasteiger partial charge in [0.15, 0.2) is 0 Å². The van der Waals surface area contributed by atoms with E-state index in [0.29, 0.717) is 6.54 Å². The zero-order valence-corrected chi connectivity index (χ0v) is 13.7. The zero-order valence-electron chi connectivity index (χ0n) is 13.7. The second-order valence-electron chi connectivity index (χ2n) is 6.32. The van der Waals surface area contributed by atoms with Gasteiger partial charge in [-0.25, -0.2) is 4.98 Å². The van der Waals surface area contributed by atoms with Crippen LogP contribution in [0.1, 0.15) is 32.1 Å². The van der Waals surface area contributed by atoms with Gasteiger partial charge in [-0.15, -0.1) is 0 Å². The Kier molecular flexibility index (Phi) is 5.64. The summed E-state index contributed by atoms with van der Waals surface area (Å²) >= 11 is 0. The molecule has 0 atom stereocenters. The van der Waals surface area contributed by atoms with Crippen molar-refractivity contribution in [3.63, 3.8) is 0 Å². The van der Waals surface area contributed by atoms with Crippen LogP contribution in [0.25, 0.3) is 11.0 Å². The fraction of sp³-hybridized carbons (Fsp3) is 0.556. The second-order valence-corrected chi connectivity index (χ2v) is 6.32. The molecule has 124 valence electrons. The fourth-order valence-electron chi connectivity index (χ4n) is 3.22. The number of imidazole rings is 1. The molecule has 0 radical (unpaired) electrons. The predicted octanol–water partition coefficient (Wildman–Crippen LogP) is 2.42. The molecule has 3 rings (SSSR count). The number of nitrogens with zero attached hydrogens (tertiary/aromatic N) is 3. The van der Waals surface area contributed by atoms with Gasteiger partial charge in [0.2, 0.25) is 5.91 Å². The van der Waals surface area contributed by atoms with E-state index >= 15 is 0 Å². The van der Waals surface area contributed by atoms with Crippen LogP contribution in [-0.2, 0) is 11.3 Å². The highest BCUT2D eigenvalue weighted by atomic mass is 16.1. The molecule has 1 aliphatic rings. The van der Waals surface area contributed by atoms with Crippen molar-refractivity contribution in [1.29, 1.82) is 0 Å². The number of fused-ring (bicyclic) bond motifs is 1. The molecule has 0 unspecified atom stereocenters. The molecule has 1 aliphatic heterocycles. The molecular formula is C18H26N4O. The van der Waals surface area contributed by atoms with Gasteiger partial charge in [0.05, 0.1) is 17.4 Å². The Morgan fingerprint density at radius 1 is 1.13 bits per heavy atom. The first kappa shape index (κ1) is 16.0. The van der Waals surface area contributed by atoms with Gasteiger partial charge in [0.25, 0.3) is 0 Å². The average Bonchev–Trinajstić information content (AvgIpc) is 2.99. The highest BCUT2D eigenvalue weighted by molar-refractivity contribution is 5.80. The summed E-state index contributed by atoms with van der Waals surface area (Å²) in [6.07, 6.45) is 8.02. The summed E-state index contributed by atoms with van der Waals surface area (Å²) in [6.45, 7) is 4.77. The van der Waals surface area contributed by atoms with E-state index in [0.717, 1.165) is 30.4 Å². The number of para-hydroxylation sites is 2. The van der Waals surface area contributed by atoms with Gasteiger partial charge in [-0.2, -0.15) is 0 Å². The molecule has 5 nitrogen and oxygen atoms in total. The molecule has 0 spiro atoms. The maximum Gasteiger partial charge on any atom is 0.239 e. The number of benzene rings is 1. The zero-order chi connectivity index (χ0) is 15.9. The van der Waals surface area contributed by atoms with Crippen LogP contribution in [-0.4, -0.2) is 46.5 Å². The van der Waals surface area contributed by atoms with Gasteiger partial charge in [-0.1, -0.05) is 18.6 Å². The Hall–Kier alpha value is -1.88. The number of piperidine rings is 1. The molecule has 2 aromatic rings. The van der Waals surface area contributed by atoms with Gasteiger partial charge < -0.3 is 14.8 Å². The Balaban J connectivity index is 1.35. The van der Waals surface area contributed by atoms with Crippen molar-refractivity contribution in [2.45, 2.75) is 38.6 Å². The quantitative estimate of drug-likeness (QED) is 0.799. The van der Waals surface area contributed by atoms with Crippen molar-refractivity contribution in [3.05, 3.63) is 30.6 Å². The van der Waals surface area contributed by atoms with Crippen LogP contribution in [0.3, 0.4) is 0 Å². The molecule has 1 fully saturated rings. The maximum absolute atomic E-state index is 12.0. The summed E-state index contributed by atoms with van der Waals surface area (Å²) in [5, 5.41) is 3.02. The monoisotopic (exact) mass is 314 g/mol. The lowest BCUT2D eigenvalue weighted by molar-refractivity contribution is -0.121. The molecule has 1 aromatic heterocycles. The predicted molar refractivity (Wildman–Crippen MR) is 92.3 cm³/mol. The van der Waals surface area contributed by atoms with Crippen molar-refractivity contribution in [3.8, 4) is 0 Å². The smallest absolute Gasteiger partial charge is 0.239 e. The van der Waals surface area contributed by atoms with E-state index in [1.807, 2.05) is 28.8 Å². The number of amides is 1. The number of unbranched alkanes of at least 4 members (excludes halogenated alkanes) is 1. The minimum atomic E-state index is 0.0612. The molecular weight excluding hydrogens is 288 g/mol. The van der Waals surface area contributed by atoms with Gasteiger partial charge in [0.1, 0.15) is 6.54 Å². The fourth-order valence-corrected chi connectivity index (χ4v) is 3.22. The maximum atomic E-state index is 12.0. The lowest BCUT2D eigenvalue weighted by atomic mass is 10.1. The Bertz CT molecular complexity index is 631. The largest absolute Gasteiger partial charge is 0.355 e. The number of carbonyl (C=O) groups is 1. The lowest BCUT2D eigenvalue weighted by Crippen LogP contribution is -2.32. The van der Waals surface area contributed by atoms with Crippen LogP contribution < -0.4 is 5.32 Å². The number of rotatable bonds is 7. The topological polar surface area (TPSA) is 50.2 Å².